The maximum atomic E-state index is 4.39. The van der Waals surface area contributed by atoms with E-state index in [4.69, 9.17) is 0 Å². The van der Waals surface area contributed by atoms with Crippen LogP contribution in [0.4, 0.5) is 0 Å². The van der Waals surface area contributed by atoms with Gasteiger partial charge in [0, 0.05) is 36.1 Å². The first-order chi connectivity index (χ1) is 7.65. The van der Waals surface area contributed by atoms with Crippen LogP contribution >= 0.6 is 11.8 Å². The SMILES string of the molecule is Cc1cc(C)nc(SCc2cncn2C)n1. The van der Waals surface area contributed by atoms with Gasteiger partial charge in [0.2, 0.25) is 0 Å². The van der Waals surface area contributed by atoms with Gasteiger partial charge in [0.1, 0.15) is 0 Å². The highest BCUT2D eigenvalue weighted by atomic mass is 32.2. The second-order valence-electron chi connectivity index (χ2n) is 3.72. The summed E-state index contributed by atoms with van der Waals surface area (Å²) in [6, 6.07) is 1.98. The quantitative estimate of drug-likeness (QED) is 0.602. The Bertz CT molecular complexity index is 472. The number of hydrogen-bond acceptors (Lipinski definition) is 4. The number of hydrogen-bond donors (Lipinski definition) is 0. The molecule has 0 saturated carbocycles. The molecular formula is C11H14N4S. The number of thioether (sulfide) groups is 1. The molecule has 0 fully saturated rings. The summed E-state index contributed by atoms with van der Waals surface area (Å²) in [5.41, 5.74) is 3.20. The summed E-state index contributed by atoms with van der Waals surface area (Å²) in [6.45, 7) is 3.98. The van der Waals surface area contributed by atoms with Crippen molar-refractivity contribution in [3.8, 4) is 0 Å². The van der Waals surface area contributed by atoms with Crippen molar-refractivity contribution in [2.24, 2.45) is 7.05 Å². The minimum atomic E-state index is 0.832. The Balaban J connectivity index is 2.07. The monoisotopic (exact) mass is 234 g/mol. The molecule has 0 aromatic carbocycles. The van der Waals surface area contributed by atoms with E-state index in [1.54, 1.807) is 18.1 Å². The Labute approximate surface area is 99.1 Å². The van der Waals surface area contributed by atoms with Crippen molar-refractivity contribution in [2.45, 2.75) is 24.8 Å². The Kier molecular flexibility index (Phi) is 3.24. The molecule has 0 unspecified atom stereocenters. The van der Waals surface area contributed by atoms with E-state index < -0.39 is 0 Å². The molecule has 0 radical (unpaired) electrons. The molecule has 0 aliphatic heterocycles. The third-order valence-corrected chi connectivity index (χ3v) is 3.11. The standard InChI is InChI=1S/C11H14N4S/c1-8-4-9(2)14-11(13-8)16-6-10-5-12-7-15(10)3/h4-5,7H,6H2,1-3H3. The molecule has 0 atom stereocenters. The van der Waals surface area contributed by atoms with E-state index in [-0.39, 0.29) is 0 Å². The Morgan fingerprint density at radius 1 is 1.25 bits per heavy atom. The van der Waals surface area contributed by atoms with E-state index in [2.05, 4.69) is 15.0 Å². The highest BCUT2D eigenvalue weighted by molar-refractivity contribution is 7.98. The van der Waals surface area contributed by atoms with E-state index in [0.717, 1.165) is 22.3 Å². The molecule has 2 aromatic rings. The van der Waals surface area contributed by atoms with Gasteiger partial charge in [0.15, 0.2) is 5.16 Å². The molecule has 0 spiro atoms. The molecule has 0 saturated heterocycles. The van der Waals surface area contributed by atoms with Crippen LogP contribution in [-0.2, 0) is 12.8 Å². The van der Waals surface area contributed by atoms with Crippen LogP contribution < -0.4 is 0 Å². The van der Waals surface area contributed by atoms with Gasteiger partial charge in [-0.2, -0.15) is 0 Å². The lowest BCUT2D eigenvalue weighted by atomic mass is 10.4. The van der Waals surface area contributed by atoms with Crippen molar-refractivity contribution in [1.82, 2.24) is 19.5 Å². The van der Waals surface area contributed by atoms with Crippen LogP contribution in [0.5, 0.6) is 0 Å². The molecule has 2 rings (SSSR count). The van der Waals surface area contributed by atoms with Crippen LogP contribution in [0.15, 0.2) is 23.7 Å². The Morgan fingerprint density at radius 2 is 1.94 bits per heavy atom. The molecular weight excluding hydrogens is 220 g/mol. The van der Waals surface area contributed by atoms with E-state index in [9.17, 15) is 0 Å². The fraction of sp³-hybridized carbons (Fsp3) is 0.364. The molecule has 4 nitrogen and oxygen atoms in total. The number of aromatic nitrogens is 4. The number of imidazole rings is 1. The summed E-state index contributed by atoms with van der Waals surface area (Å²) in [6.07, 6.45) is 3.67. The van der Waals surface area contributed by atoms with Crippen molar-refractivity contribution in [3.05, 3.63) is 35.7 Å². The first kappa shape index (κ1) is 11.1. The smallest absolute Gasteiger partial charge is 0.188 e. The normalized spacial score (nSPS) is 10.7. The minimum absolute atomic E-state index is 0.832. The Morgan fingerprint density at radius 3 is 2.50 bits per heavy atom. The molecule has 2 heterocycles. The van der Waals surface area contributed by atoms with Gasteiger partial charge in [-0.25, -0.2) is 15.0 Å². The third kappa shape index (κ3) is 2.61. The zero-order valence-electron chi connectivity index (χ0n) is 9.64. The lowest BCUT2D eigenvalue weighted by molar-refractivity contribution is 0.861. The average molecular weight is 234 g/mol. The second kappa shape index (κ2) is 4.65. The van der Waals surface area contributed by atoms with Crippen LogP contribution in [-0.4, -0.2) is 19.5 Å². The van der Waals surface area contributed by atoms with Gasteiger partial charge in [-0.3, -0.25) is 0 Å². The van der Waals surface area contributed by atoms with Gasteiger partial charge in [-0.1, -0.05) is 11.8 Å². The highest BCUT2D eigenvalue weighted by Gasteiger charge is 2.03. The lowest BCUT2D eigenvalue weighted by Gasteiger charge is -2.03. The minimum Gasteiger partial charge on any atom is -0.337 e. The van der Waals surface area contributed by atoms with Crippen LogP contribution in [0.3, 0.4) is 0 Å². The molecule has 16 heavy (non-hydrogen) atoms. The van der Waals surface area contributed by atoms with Gasteiger partial charge in [0.05, 0.1) is 6.33 Å². The summed E-state index contributed by atoms with van der Waals surface area (Å²) < 4.78 is 2.01. The first-order valence-electron chi connectivity index (χ1n) is 5.05. The van der Waals surface area contributed by atoms with Crippen molar-refractivity contribution in [1.29, 1.82) is 0 Å². The van der Waals surface area contributed by atoms with Gasteiger partial charge in [-0.15, -0.1) is 0 Å². The molecule has 0 aliphatic rings. The predicted molar refractivity (Wildman–Crippen MR) is 64.3 cm³/mol. The molecule has 0 bridgehead atoms. The van der Waals surface area contributed by atoms with Gasteiger partial charge >= 0.3 is 0 Å². The average Bonchev–Trinajstić information content (AvgIpc) is 2.59. The van der Waals surface area contributed by atoms with E-state index in [0.29, 0.717) is 0 Å². The van der Waals surface area contributed by atoms with Crippen molar-refractivity contribution < 1.29 is 0 Å². The van der Waals surface area contributed by atoms with Crippen LogP contribution in [0.25, 0.3) is 0 Å². The molecule has 0 amide bonds. The fourth-order valence-electron chi connectivity index (χ4n) is 1.42. The summed E-state index contributed by atoms with van der Waals surface area (Å²) in [5.74, 6) is 0.847. The zero-order chi connectivity index (χ0) is 11.5. The number of rotatable bonds is 3. The summed E-state index contributed by atoms with van der Waals surface area (Å²) in [5, 5.41) is 0.832. The fourth-order valence-corrected chi connectivity index (χ4v) is 2.39. The first-order valence-corrected chi connectivity index (χ1v) is 6.04. The van der Waals surface area contributed by atoms with Crippen molar-refractivity contribution in [2.75, 3.05) is 0 Å². The summed E-state index contributed by atoms with van der Waals surface area (Å²) in [4.78, 5) is 12.8. The predicted octanol–water partition coefficient (Wildman–Crippen LogP) is 2.12. The highest BCUT2D eigenvalue weighted by Crippen LogP contribution is 2.19. The van der Waals surface area contributed by atoms with Crippen LogP contribution in [0, 0.1) is 13.8 Å². The molecule has 0 aliphatic carbocycles. The third-order valence-electron chi connectivity index (χ3n) is 2.23. The summed E-state index contributed by atoms with van der Waals surface area (Å²) >= 11 is 1.64. The molecule has 2 aromatic heterocycles. The second-order valence-corrected chi connectivity index (χ2v) is 4.66. The maximum Gasteiger partial charge on any atom is 0.188 e. The lowest BCUT2D eigenvalue weighted by Crippen LogP contribution is -1.96. The molecule has 5 heteroatoms. The number of aryl methyl sites for hydroxylation is 3. The van der Waals surface area contributed by atoms with Crippen LogP contribution in [0.2, 0.25) is 0 Å². The van der Waals surface area contributed by atoms with E-state index >= 15 is 0 Å². The number of nitrogens with zero attached hydrogens (tertiary/aromatic N) is 4. The Hall–Kier alpha value is -1.36. The van der Waals surface area contributed by atoms with Crippen molar-refractivity contribution in [3.63, 3.8) is 0 Å². The topological polar surface area (TPSA) is 43.6 Å². The van der Waals surface area contributed by atoms with E-state index in [1.165, 1.54) is 5.69 Å². The zero-order valence-corrected chi connectivity index (χ0v) is 10.5. The van der Waals surface area contributed by atoms with Crippen LogP contribution in [0.1, 0.15) is 17.1 Å². The van der Waals surface area contributed by atoms with Gasteiger partial charge in [-0.05, 0) is 19.9 Å². The van der Waals surface area contributed by atoms with Gasteiger partial charge < -0.3 is 4.57 Å². The van der Waals surface area contributed by atoms with E-state index in [1.807, 2.05) is 37.7 Å². The summed E-state index contributed by atoms with van der Waals surface area (Å²) in [7, 11) is 1.99. The van der Waals surface area contributed by atoms with Gasteiger partial charge in [0.25, 0.3) is 0 Å². The van der Waals surface area contributed by atoms with Crippen molar-refractivity contribution >= 4 is 11.8 Å². The largest absolute Gasteiger partial charge is 0.337 e. The maximum absolute atomic E-state index is 4.39. The molecule has 0 N–H and O–H groups in total. The molecule has 84 valence electrons.